The van der Waals surface area contributed by atoms with Gasteiger partial charge in [-0.15, -0.1) is 0 Å². The van der Waals surface area contributed by atoms with E-state index in [1.165, 1.54) is 6.07 Å². The summed E-state index contributed by atoms with van der Waals surface area (Å²) < 4.78 is 0. The van der Waals surface area contributed by atoms with Crippen molar-refractivity contribution in [3.8, 4) is 0 Å². The number of carbonyl (C=O) groups is 2. The van der Waals surface area contributed by atoms with Crippen molar-refractivity contribution in [3.63, 3.8) is 0 Å². The normalized spacial score (nSPS) is 27.4. The quantitative estimate of drug-likeness (QED) is 0.844. The Bertz CT molecular complexity index is 471. The SMILES string of the molecule is O=C(O)[C@H]1C[C@]1(C(=O)O)c1cccc(Cl)c1. The van der Waals surface area contributed by atoms with E-state index >= 15 is 0 Å². The molecule has 5 heteroatoms. The first-order valence-electron chi connectivity index (χ1n) is 4.70. The van der Waals surface area contributed by atoms with Gasteiger partial charge in [0, 0.05) is 5.02 Å². The van der Waals surface area contributed by atoms with E-state index in [0.29, 0.717) is 10.6 Å². The van der Waals surface area contributed by atoms with Gasteiger partial charge in [-0.05, 0) is 24.1 Å². The van der Waals surface area contributed by atoms with E-state index in [1.54, 1.807) is 18.2 Å². The zero-order valence-electron chi connectivity index (χ0n) is 8.18. The molecule has 0 spiro atoms. The molecule has 4 nitrogen and oxygen atoms in total. The number of carboxylic acids is 2. The van der Waals surface area contributed by atoms with Gasteiger partial charge in [-0.2, -0.15) is 0 Å². The molecular weight excluding hydrogens is 232 g/mol. The van der Waals surface area contributed by atoms with E-state index in [4.69, 9.17) is 21.8 Å². The van der Waals surface area contributed by atoms with Crippen LogP contribution in [0.3, 0.4) is 0 Å². The summed E-state index contributed by atoms with van der Waals surface area (Å²) in [6, 6.07) is 6.36. The number of hydrogen-bond donors (Lipinski definition) is 2. The van der Waals surface area contributed by atoms with Crippen molar-refractivity contribution in [1.29, 1.82) is 0 Å². The molecule has 16 heavy (non-hydrogen) atoms. The third-order valence-corrected chi connectivity index (χ3v) is 3.22. The Morgan fingerprint density at radius 1 is 1.38 bits per heavy atom. The number of benzene rings is 1. The lowest BCUT2D eigenvalue weighted by Gasteiger charge is -2.11. The number of carboxylic acid groups (broad SMARTS) is 2. The summed E-state index contributed by atoms with van der Waals surface area (Å²) in [5.41, 5.74) is -0.837. The summed E-state index contributed by atoms with van der Waals surface area (Å²) in [6.07, 6.45) is 0.123. The van der Waals surface area contributed by atoms with Gasteiger partial charge in [0.15, 0.2) is 0 Å². The molecule has 1 aromatic rings. The van der Waals surface area contributed by atoms with Crippen LogP contribution in [0.5, 0.6) is 0 Å². The highest BCUT2D eigenvalue weighted by Gasteiger charge is 2.65. The van der Waals surface area contributed by atoms with E-state index in [-0.39, 0.29) is 6.42 Å². The van der Waals surface area contributed by atoms with E-state index < -0.39 is 23.3 Å². The number of rotatable bonds is 3. The maximum Gasteiger partial charge on any atom is 0.315 e. The van der Waals surface area contributed by atoms with Gasteiger partial charge >= 0.3 is 11.9 Å². The number of aliphatic carboxylic acids is 2. The summed E-state index contributed by atoms with van der Waals surface area (Å²) >= 11 is 5.77. The molecule has 2 atom stereocenters. The Kier molecular flexibility index (Phi) is 2.39. The molecule has 0 bridgehead atoms. The van der Waals surface area contributed by atoms with Crippen molar-refractivity contribution in [2.45, 2.75) is 11.8 Å². The van der Waals surface area contributed by atoms with Crippen molar-refractivity contribution in [2.24, 2.45) is 5.92 Å². The molecule has 2 N–H and O–H groups in total. The van der Waals surface area contributed by atoms with Gasteiger partial charge in [-0.3, -0.25) is 9.59 Å². The molecule has 0 amide bonds. The molecule has 1 aliphatic rings. The second-order valence-electron chi connectivity index (χ2n) is 3.88. The highest BCUT2D eigenvalue weighted by atomic mass is 35.5. The number of halogens is 1. The first kappa shape index (κ1) is 11.0. The average Bonchev–Trinajstić information content (AvgIpc) is 2.93. The van der Waals surface area contributed by atoms with Gasteiger partial charge in [-0.1, -0.05) is 23.7 Å². The lowest BCUT2D eigenvalue weighted by molar-refractivity contribution is -0.145. The molecule has 0 aliphatic heterocycles. The van der Waals surface area contributed by atoms with Gasteiger partial charge < -0.3 is 10.2 Å². The van der Waals surface area contributed by atoms with Crippen LogP contribution >= 0.6 is 11.6 Å². The average molecular weight is 241 g/mol. The molecule has 84 valence electrons. The van der Waals surface area contributed by atoms with E-state index in [1.807, 2.05) is 0 Å². The second kappa shape index (κ2) is 3.49. The zero-order valence-corrected chi connectivity index (χ0v) is 8.94. The highest BCUT2D eigenvalue weighted by molar-refractivity contribution is 6.30. The fourth-order valence-corrected chi connectivity index (χ4v) is 2.20. The van der Waals surface area contributed by atoms with Crippen molar-refractivity contribution < 1.29 is 19.8 Å². The first-order chi connectivity index (χ1) is 7.48. The summed E-state index contributed by atoms with van der Waals surface area (Å²) in [7, 11) is 0. The lowest BCUT2D eigenvalue weighted by atomic mass is 9.93. The van der Waals surface area contributed by atoms with Crippen LogP contribution in [0.2, 0.25) is 5.02 Å². The summed E-state index contributed by atoms with van der Waals surface area (Å²) in [5, 5.41) is 18.4. The Hall–Kier alpha value is -1.55. The van der Waals surface area contributed by atoms with Crippen LogP contribution in [-0.2, 0) is 15.0 Å². The topological polar surface area (TPSA) is 74.6 Å². The Labute approximate surface area is 96.5 Å². The van der Waals surface area contributed by atoms with Crippen molar-refractivity contribution in [2.75, 3.05) is 0 Å². The van der Waals surface area contributed by atoms with Crippen molar-refractivity contribution in [3.05, 3.63) is 34.9 Å². The van der Waals surface area contributed by atoms with Crippen LogP contribution in [-0.4, -0.2) is 22.2 Å². The predicted octanol–water partition coefficient (Wildman–Crippen LogP) is 1.77. The molecular formula is C11H9ClO4. The highest BCUT2D eigenvalue weighted by Crippen LogP contribution is 2.54. The van der Waals surface area contributed by atoms with Crippen LogP contribution in [0.4, 0.5) is 0 Å². The second-order valence-corrected chi connectivity index (χ2v) is 4.32. The molecule has 0 heterocycles. The largest absolute Gasteiger partial charge is 0.481 e. The molecule has 0 radical (unpaired) electrons. The molecule has 0 aromatic heterocycles. The minimum absolute atomic E-state index is 0.123. The maximum atomic E-state index is 11.2. The van der Waals surface area contributed by atoms with Gasteiger partial charge in [0.25, 0.3) is 0 Å². The summed E-state index contributed by atoms with van der Waals surface area (Å²) in [4.78, 5) is 22.0. The van der Waals surface area contributed by atoms with E-state index in [0.717, 1.165) is 0 Å². The van der Waals surface area contributed by atoms with Crippen molar-refractivity contribution >= 4 is 23.5 Å². The summed E-state index contributed by atoms with van der Waals surface area (Å²) in [5.74, 6) is -3.05. The van der Waals surface area contributed by atoms with Crippen LogP contribution in [0, 0.1) is 5.92 Å². The predicted molar refractivity (Wildman–Crippen MR) is 56.5 cm³/mol. The maximum absolute atomic E-state index is 11.2. The Morgan fingerprint density at radius 3 is 2.50 bits per heavy atom. The smallest absolute Gasteiger partial charge is 0.315 e. The third kappa shape index (κ3) is 1.46. The molecule has 2 rings (SSSR count). The van der Waals surface area contributed by atoms with Gasteiger partial charge in [0.05, 0.1) is 5.92 Å². The van der Waals surface area contributed by atoms with Gasteiger partial charge in [0.2, 0.25) is 0 Å². The molecule has 1 saturated carbocycles. The fourth-order valence-electron chi connectivity index (χ4n) is 2.01. The summed E-state index contributed by atoms with van der Waals surface area (Å²) in [6.45, 7) is 0. The van der Waals surface area contributed by atoms with Crippen LogP contribution in [0.15, 0.2) is 24.3 Å². The Balaban J connectivity index is 2.44. The lowest BCUT2D eigenvalue weighted by Crippen LogP contribution is -2.25. The van der Waals surface area contributed by atoms with E-state index in [9.17, 15) is 9.59 Å². The van der Waals surface area contributed by atoms with Gasteiger partial charge in [0.1, 0.15) is 5.41 Å². The van der Waals surface area contributed by atoms with Crippen LogP contribution in [0.25, 0.3) is 0 Å². The molecule has 0 unspecified atom stereocenters. The monoisotopic (exact) mass is 240 g/mol. The standard InChI is InChI=1S/C11H9ClO4/c12-7-3-1-2-6(4-7)11(10(15)16)5-8(11)9(13)14/h1-4,8H,5H2,(H,13,14)(H,15,16)/t8-,11+/m1/s1. The van der Waals surface area contributed by atoms with Crippen LogP contribution in [0.1, 0.15) is 12.0 Å². The Morgan fingerprint density at radius 2 is 2.06 bits per heavy atom. The number of hydrogen-bond acceptors (Lipinski definition) is 2. The molecule has 1 aliphatic carbocycles. The van der Waals surface area contributed by atoms with Gasteiger partial charge in [-0.25, -0.2) is 0 Å². The third-order valence-electron chi connectivity index (χ3n) is 2.98. The molecule has 1 fully saturated rings. The minimum atomic E-state index is -1.29. The van der Waals surface area contributed by atoms with Crippen molar-refractivity contribution in [1.82, 2.24) is 0 Å². The fraction of sp³-hybridized carbons (Fsp3) is 0.273. The minimum Gasteiger partial charge on any atom is -0.481 e. The molecule has 1 aromatic carbocycles. The first-order valence-corrected chi connectivity index (χ1v) is 5.08. The molecule has 0 saturated heterocycles. The zero-order chi connectivity index (χ0) is 11.9. The van der Waals surface area contributed by atoms with E-state index in [2.05, 4.69) is 0 Å². The van der Waals surface area contributed by atoms with Crippen LogP contribution < -0.4 is 0 Å².